The fourth-order valence-electron chi connectivity index (χ4n) is 3.39. The van der Waals surface area contributed by atoms with E-state index in [2.05, 4.69) is 25.0 Å². The Kier molecular flexibility index (Phi) is 6.58. The fourth-order valence-corrected chi connectivity index (χ4v) is 3.39. The lowest BCUT2D eigenvalue weighted by Crippen LogP contribution is -2.37. The lowest BCUT2D eigenvalue weighted by atomic mass is 10.2. The first-order valence-corrected chi connectivity index (χ1v) is 10.1. The number of hydrogen-bond donors (Lipinski definition) is 2. The van der Waals surface area contributed by atoms with Crippen LogP contribution in [0, 0.1) is 12.7 Å². The number of halogens is 1. The van der Waals surface area contributed by atoms with Crippen LogP contribution in [0.4, 0.5) is 10.2 Å². The number of ether oxygens (including phenoxy) is 2. The summed E-state index contributed by atoms with van der Waals surface area (Å²) in [6, 6.07) is 5.00. The zero-order valence-electron chi connectivity index (χ0n) is 17.3. The summed E-state index contributed by atoms with van der Waals surface area (Å²) in [4.78, 5) is 18.8. The summed E-state index contributed by atoms with van der Waals surface area (Å²) in [6.45, 7) is 6.65. The largest absolute Gasteiger partial charge is 0.435 e. The Hall–Kier alpha value is -3.24. The predicted octanol–water partition coefficient (Wildman–Crippen LogP) is 2.85. The van der Waals surface area contributed by atoms with E-state index < -0.39 is 5.82 Å². The van der Waals surface area contributed by atoms with Gasteiger partial charge in [0.2, 0.25) is 5.88 Å². The Balaban J connectivity index is 1.40. The highest BCUT2D eigenvalue weighted by atomic mass is 19.1. The molecule has 3 N–H and O–H groups in total. The molecule has 3 heterocycles. The molecule has 1 aliphatic heterocycles. The number of morpholine rings is 1. The first-order valence-electron chi connectivity index (χ1n) is 10.1. The molecule has 4 rings (SSSR count). The zero-order valence-corrected chi connectivity index (χ0v) is 17.3. The van der Waals surface area contributed by atoms with Gasteiger partial charge in [-0.25, -0.2) is 14.4 Å². The van der Waals surface area contributed by atoms with Crippen molar-refractivity contribution in [3.8, 4) is 11.6 Å². The molecule has 1 fully saturated rings. The normalized spacial score (nSPS) is 15.0. The summed E-state index contributed by atoms with van der Waals surface area (Å²) in [5, 5.41) is 4.40. The number of rotatable bonds is 8. The molecule has 1 aromatic carbocycles. The maximum atomic E-state index is 14.9. The second-order valence-corrected chi connectivity index (χ2v) is 7.25. The molecule has 10 heteroatoms. The third-order valence-electron chi connectivity index (χ3n) is 4.99. The number of aromatic nitrogens is 3. The molecule has 0 atom stereocenters. The Morgan fingerprint density at radius 1 is 1.32 bits per heavy atom. The Morgan fingerprint density at radius 2 is 2.16 bits per heavy atom. The fraction of sp³-hybridized carbons (Fsp3) is 0.381. The minimum absolute atomic E-state index is 0.0330. The second kappa shape index (κ2) is 9.71. The third kappa shape index (κ3) is 5.09. The van der Waals surface area contributed by atoms with Crippen molar-refractivity contribution in [1.29, 1.82) is 0 Å². The van der Waals surface area contributed by atoms with Gasteiger partial charge in [0.05, 0.1) is 19.4 Å². The molecule has 0 unspecified atom stereocenters. The van der Waals surface area contributed by atoms with E-state index >= 15 is 0 Å². The molecule has 0 spiro atoms. The van der Waals surface area contributed by atoms with E-state index in [1.807, 2.05) is 6.92 Å². The van der Waals surface area contributed by atoms with Crippen molar-refractivity contribution in [2.24, 2.45) is 5.16 Å². The maximum absolute atomic E-state index is 14.9. The van der Waals surface area contributed by atoms with E-state index in [1.54, 1.807) is 12.1 Å². The van der Waals surface area contributed by atoms with Crippen LogP contribution in [0.15, 0.2) is 29.7 Å². The van der Waals surface area contributed by atoms with Crippen LogP contribution in [0.5, 0.6) is 11.6 Å². The lowest BCUT2D eigenvalue weighted by Gasteiger charge is -2.26. The Labute approximate surface area is 179 Å². The van der Waals surface area contributed by atoms with Gasteiger partial charge in [0.1, 0.15) is 24.3 Å². The molecule has 0 radical (unpaired) electrons. The van der Waals surface area contributed by atoms with Crippen LogP contribution in [-0.4, -0.2) is 65.5 Å². The molecule has 164 valence electrons. The summed E-state index contributed by atoms with van der Waals surface area (Å²) in [5.74, 6) is -0.199. The van der Waals surface area contributed by atoms with Crippen molar-refractivity contribution in [2.75, 3.05) is 45.2 Å². The molecule has 1 saturated heterocycles. The van der Waals surface area contributed by atoms with Gasteiger partial charge < -0.3 is 25.0 Å². The summed E-state index contributed by atoms with van der Waals surface area (Å²) >= 11 is 0. The molecule has 0 amide bonds. The van der Waals surface area contributed by atoms with Crippen LogP contribution in [0.1, 0.15) is 17.7 Å². The van der Waals surface area contributed by atoms with E-state index in [4.69, 9.17) is 20.0 Å². The molecule has 0 saturated carbocycles. The van der Waals surface area contributed by atoms with E-state index in [0.29, 0.717) is 23.1 Å². The minimum atomic E-state index is -0.485. The number of anilines is 1. The van der Waals surface area contributed by atoms with Gasteiger partial charge in [-0.3, -0.25) is 4.90 Å². The van der Waals surface area contributed by atoms with Crippen molar-refractivity contribution in [3.05, 3.63) is 41.6 Å². The zero-order chi connectivity index (χ0) is 21.6. The molecular formula is C21H25FN6O3. The van der Waals surface area contributed by atoms with Gasteiger partial charge in [0, 0.05) is 36.2 Å². The highest BCUT2D eigenvalue weighted by Crippen LogP contribution is 2.31. The highest BCUT2D eigenvalue weighted by Gasteiger charge is 2.15. The van der Waals surface area contributed by atoms with E-state index in [1.165, 1.54) is 18.6 Å². The van der Waals surface area contributed by atoms with Gasteiger partial charge in [-0.1, -0.05) is 5.16 Å². The van der Waals surface area contributed by atoms with Gasteiger partial charge >= 0.3 is 0 Å². The lowest BCUT2D eigenvalue weighted by molar-refractivity contribution is 0.0323. The number of nitrogens with one attached hydrogen (secondary N) is 1. The molecule has 3 aromatic rings. The van der Waals surface area contributed by atoms with Crippen LogP contribution in [0.3, 0.4) is 0 Å². The minimum Gasteiger partial charge on any atom is -0.435 e. The standard InChI is InChI=1S/C21H25FN6O3/c1-14-11-15-17(27-14)3-4-18(19(15)22)31-21-16(20(23)24-13-25-21)12-26-30-8-2-5-28-6-9-29-10-7-28/h3-4,11-13,27H,2,5-10H2,1H3,(H2,23,24,25). The molecular weight excluding hydrogens is 403 g/mol. The molecule has 9 nitrogen and oxygen atoms in total. The van der Waals surface area contributed by atoms with Crippen molar-refractivity contribution < 1.29 is 18.7 Å². The molecule has 0 bridgehead atoms. The van der Waals surface area contributed by atoms with Gasteiger partial charge in [-0.05, 0) is 31.5 Å². The van der Waals surface area contributed by atoms with Crippen molar-refractivity contribution in [1.82, 2.24) is 19.9 Å². The first-order chi connectivity index (χ1) is 15.1. The molecule has 2 aromatic heterocycles. The van der Waals surface area contributed by atoms with Crippen LogP contribution >= 0.6 is 0 Å². The van der Waals surface area contributed by atoms with Crippen molar-refractivity contribution in [3.63, 3.8) is 0 Å². The number of benzene rings is 1. The van der Waals surface area contributed by atoms with Crippen molar-refractivity contribution in [2.45, 2.75) is 13.3 Å². The summed E-state index contributed by atoms with van der Waals surface area (Å²) in [5.41, 5.74) is 7.82. The summed E-state index contributed by atoms with van der Waals surface area (Å²) < 4.78 is 25.9. The Bertz CT molecular complexity index is 1060. The average molecular weight is 428 g/mol. The van der Waals surface area contributed by atoms with E-state index in [0.717, 1.165) is 45.0 Å². The van der Waals surface area contributed by atoms with Crippen LogP contribution < -0.4 is 10.5 Å². The highest BCUT2D eigenvalue weighted by molar-refractivity contribution is 5.88. The topological polar surface area (TPSA) is 111 Å². The summed E-state index contributed by atoms with van der Waals surface area (Å²) in [6.07, 6.45) is 3.47. The second-order valence-electron chi connectivity index (χ2n) is 7.25. The Morgan fingerprint density at radius 3 is 3.00 bits per heavy atom. The number of nitrogens with zero attached hydrogens (tertiary/aromatic N) is 4. The van der Waals surface area contributed by atoms with Gasteiger partial charge in [0.15, 0.2) is 11.6 Å². The molecule has 0 aliphatic carbocycles. The van der Waals surface area contributed by atoms with Crippen molar-refractivity contribution >= 4 is 22.9 Å². The number of nitrogens with two attached hydrogens (primary N) is 1. The first kappa shape index (κ1) is 21.0. The van der Waals surface area contributed by atoms with Gasteiger partial charge in [-0.2, -0.15) is 0 Å². The van der Waals surface area contributed by atoms with Crippen LogP contribution in [-0.2, 0) is 9.57 Å². The summed E-state index contributed by atoms with van der Waals surface area (Å²) in [7, 11) is 0. The number of aryl methyl sites for hydroxylation is 1. The number of oxime groups is 1. The van der Waals surface area contributed by atoms with E-state index in [9.17, 15) is 4.39 Å². The van der Waals surface area contributed by atoms with E-state index in [-0.39, 0.29) is 17.4 Å². The number of H-pyrrole nitrogens is 1. The monoisotopic (exact) mass is 428 g/mol. The molecule has 1 aliphatic rings. The smallest absolute Gasteiger partial charge is 0.233 e. The number of hydrogen-bond acceptors (Lipinski definition) is 8. The number of nitrogen functional groups attached to an aromatic ring is 1. The predicted molar refractivity (Wildman–Crippen MR) is 115 cm³/mol. The third-order valence-corrected chi connectivity index (χ3v) is 4.99. The number of fused-ring (bicyclic) bond motifs is 1. The molecule has 31 heavy (non-hydrogen) atoms. The number of aromatic amines is 1. The average Bonchev–Trinajstić information content (AvgIpc) is 3.16. The van der Waals surface area contributed by atoms with Gasteiger partial charge in [0.25, 0.3) is 0 Å². The van der Waals surface area contributed by atoms with Crippen LogP contribution in [0.2, 0.25) is 0 Å². The quantitative estimate of drug-likeness (QED) is 0.322. The van der Waals surface area contributed by atoms with Crippen LogP contribution in [0.25, 0.3) is 10.9 Å². The van der Waals surface area contributed by atoms with Gasteiger partial charge in [-0.15, -0.1) is 0 Å². The maximum Gasteiger partial charge on any atom is 0.233 e. The SMILES string of the molecule is Cc1cc2c(F)c(Oc3ncnc(N)c3C=NOCCCN3CCOCC3)ccc2[nH]1.